The van der Waals surface area contributed by atoms with Crippen molar-refractivity contribution in [1.82, 2.24) is 45.9 Å². The molecule has 0 amide bonds. The molecule has 9 heterocycles. The van der Waals surface area contributed by atoms with Crippen LogP contribution in [-0.2, 0) is 6.18 Å². The van der Waals surface area contributed by atoms with Crippen molar-refractivity contribution in [2.45, 2.75) is 25.4 Å². The standard InChI is InChI=1S/C20H20F4N6S.C20H20FN7S.C19H22FN7S/c21-14-11-17-18(26-12-14)16(4-5-25-17)27-28-19(31)30-8-6-29(7-9-30)15-3-1-2-13(10-15)20(22,23)24;21-15-11-18-19(24-13-15)17(5-6-23-18)25-26-20(29)28-9-7-27(8-10-28)16-3-1-14(12-22)2-4-16;20-13-11-16-18(23-12-13)15(5-6-22-16)24-25-19(28)27-9-7-26(8-10-27)17-4-2-1-3-14(17)21/h1-3,10-12,25H,4-9H2,(H,28,31);1-4,11,13,23H,5-10H2,(H,26,29);1-4,11-12,22H,5-10,21H2,(H,25,28)/b27-16-;25-17-;24-15-. The molecule has 8 N–H and O–H groups in total. The van der Waals surface area contributed by atoms with Gasteiger partial charge < -0.3 is 51.1 Å². The van der Waals surface area contributed by atoms with Gasteiger partial charge in [0, 0.05) is 147 Å². The van der Waals surface area contributed by atoms with Crippen LogP contribution in [0.5, 0.6) is 0 Å². The van der Waals surface area contributed by atoms with Gasteiger partial charge in [-0.05, 0) is 91.3 Å². The van der Waals surface area contributed by atoms with Crippen molar-refractivity contribution >= 4 is 109 Å². The summed E-state index contributed by atoms with van der Waals surface area (Å²) < 4.78 is 79.0. The number of nitrogens with one attached hydrogen (secondary N) is 6. The number of hydrogen-bond acceptors (Lipinski definition) is 17. The molecule has 458 valence electrons. The molecule has 6 aliphatic heterocycles. The van der Waals surface area contributed by atoms with Crippen molar-refractivity contribution in [2.75, 3.05) is 135 Å². The number of alkyl halides is 3. The lowest BCUT2D eigenvalue weighted by molar-refractivity contribution is -0.137. The van der Waals surface area contributed by atoms with Crippen LogP contribution in [0.15, 0.2) is 125 Å². The Labute approximate surface area is 520 Å². The molecule has 0 aliphatic carbocycles. The number of nitrogens with zero attached hydrogens (tertiary/aromatic N) is 13. The number of nitrogens with two attached hydrogens (primary N) is 1. The summed E-state index contributed by atoms with van der Waals surface area (Å²) in [7, 11) is 0. The van der Waals surface area contributed by atoms with Gasteiger partial charge in [0.1, 0.15) is 34.5 Å². The van der Waals surface area contributed by atoms with E-state index in [0.29, 0.717) is 132 Å². The van der Waals surface area contributed by atoms with Crippen LogP contribution in [0.4, 0.5) is 66.2 Å². The fourth-order valence-electron chi connectivity index (χ4n) is 10.5. The SMILES string of the molecule is Fc1cnc2c(c1)NCC/C2=N/NC(=S)N1CCN(c2cccc(C(F)(F)F)c2)CC1.N#Cc1ccc(N2CCN(C(=S)N/N=C3/CCNc4cc(F)cnc43)CC2)cc1.Nc1ccccc1N1CCN(C(=S)N/N=C2/CCNc3cc(F)cnc32)CC1. The average Bonchev–Trinajstić information content (AvgIpc) is 2.67. The van der Waals surface area contributed by atoms with E-state index in [9.17, 15) is 26.3 Å². The molecule has 0 saturated carbocycles. The summed E-state index contributed by atoms with van der Waals surface area (Å²) in [6.07, 6.45) is 1.18. The first-order valence-electron chi connectivity index (χ1n) is 28.4. The number of nitrogen functional groups attached to an aromatic ring is 1. The lowest BCUT2D eigenvalue weighted by Crippen LogP contribution is -2.51. The zero-order chi connectivity index (χ0) is 61.7. The average molecular weight is 1260 g/mol. The van der Waals surface area contributed by atoms with Crippen molar-refractivity contribution in [1.29, 1.82) is 5.26 Å². The van der Waals surface area contributed by atoms with Crippen LogP contribution in [0.1, 0.15) is 47.5 Å². The van der Waals surface area contributed by atoms with E-state index in [1.54, 1.807) is 6.07 Å². The fraction of sp³-hybridized carbons (Fsp3) is 0.322. The summed E-state index contributed by atoms with van der Waals surface area (Å²) in [5.74, 6) is -1.16. The highest BCUT2D eigenvalue weighted by Gasteiger charge is 2.32. The van der Waals surface area contributed by atoms with Crippen molar-refractivity contribution in [3.05, 3.63) is 155 Å². The molecule has 29 heteroatoms. The Kier molecular flexibility index (Phi) is 20.1. The molecule has 0 atom stereocenters. The Morgan fingerprint density at radius 2 is 0.909 bits per heavy atom. The topological polar surface area (TPSA) is 217 Å². The molecule has 88 heavy (non-hydrogen) atoms. The molecule has 6 aliphatic rings. The number of piperazine rings is 3. The van der Waals surface area contributed by atoms with E-state index in [0.717, 1.165) is 93.1 Å². The molecule has 12 rings (SSSR count). The number of hydrogen-bond donors (Lipinski definition) is 7. The van der Waals surface area contributed by atoms with E-state index in [4.69, 9.17) is 47.6 Å². The highest BCUT2D eigenvalue weighted by atomic mass is 32.1. The Balaban J connectivity index is 0.000000146. The van der Waals surface area contributed by atoms with Crippen molar-refractivity contribution in [3.63, 3.8) is 0 Å². The number of benzene rings is 3. The molecule has 0 bridgehead atoms. The van der Waals surface area contributed by atoms with Gasteiger partial charge in [0.15, 0.2) is 15.3 Å². The first-order chi connectivity index (χ1) is 42.6. The van der Waals surface area contributed by atoms with E-state index in [1.165, 1.54) is 42.7 Å². The minimum Gasteiger partial charge on any atom is -0.397 e. The zero-order valence-corrected chi connectivity index (χ0v) is 50.0. The molecule has 0 unspecified atom stereocenters. The van der Waals surface area contributed by atoms with Gasteiger partial charge in [-0.3, -0.25) is 16.3 Å². The number of nitriles is 1. The van der Waals surface area contributed by atoms with Gasteiger partial charge in [-0.1, -0.05) is 18.2 Å². The smallest absolute Gasteiger partial charge is 0.397 e. The molecular formula is C59H62F6N20S3. The lowest BCUT2D eigenvalue weighted by atomic mass is 10.1. The van der Waals surface area contributed by atoms with Crippen LogP contribution in [0, 0.1) is 28.8 Å². The highest BCUT2D eigenvalue weighted by Crippen LogP contribution is 2.32. The first kappa shape index (κ1) is 61.9. The van der Waals surface area contributed by atoms with Crippen LogP contribution in [0.2, 0.25) is 0 Å². The van der Waals surface area contributed by atoms with E-state index >= 15 is 0 Å². The number of thiocarbonyl (C=S) groups is 3. The monoisotopic (exact) mass is 1260 g/mol. The molecule has 3 aromatic heterocycles. The molecule has 20 nitrogen and oxygen atoms in total. The van der Waals surface area contributed by atoms with Gasteiger partial charge in [0.05, 0.1) is 81.4 Å². The number of rotatable bonds is 6. The van der Waals surface area contributed by atoms with E-state index in [-0.39, 0.29) is 11.6 Å². The highest BCUT2D eigenvalue weighted by molar-refractivity contribution is 7.80. The number of halogens is 6. The Hall–Kier alpha value is -9.14. The molecule has 0 radical (unpaired) electrons. The van der Waals surface area contributed by atoms with E-state index in [1.807, 2.05) is 58.3 Å². The molecule has 3 fully saturated rings. The number of pyridine rings is 3. The molecule has 6 aromatic rings. The quantitative estimate of drug-likeness (QED) is 0.0367. The van der Waals surface area contributed by atoms with Gasteiger partial charge in [-0.25, -0.2) is 28.1 Å². The Morgan fingerprint density at radius 1 is 0.511 bits per heavy atom. The Morgan fingerprint density at radius 3 is 1.31 bits per heavy atom. The third-order valence-electron chi connectivity index (χ3n) is 15.2. The molecule has 3 aromatic carbocycles. The van der Waals surface area contributed by atoms with Crippen LogP contribution < -0.4 is 52.7 Å². The van der Waals surface area contributed by atoms with Gasteiger partial charge >= 0.3 is 6.18 Å². The van der Waals surface area contributed by atoms with Crippen LogP contribution in [0.25, 0.3) is 0 Å². The van der Waals surface area contributed by atoms with Crippen molar-refractivity contribution in [2.24, 2.45) is 15.3 Å². The van der Waals surface area contributed by atoms with Gasteiger partial charge in [0.2, 0.25) is 0 Å². The number of para-hydroxylation sites is 2. The van der Waals surface area contributed by atoms with Gasteiger partial charge in [-0.2, -0.15) is 33.7 Å². The van der Waals surface area contributed by atoms with Crippen LogP contribution >= 0.6 is 36.7 Å². The zero-order valence-electron chi connectivity index (χ0n) is 47.5. The maximum atomic E-state index is 13.4. The van der Waals surface area contributed by atoms with Gasteiger partial charge in [-0.15, -0.1) is 0 Å². The maximum Gasteiger partial charge on any atom is 0.416 e. The van der Waals surface area contributed by atoms with E-state index in [2.05, 4.69) is 88.2 Å². The third-order valence-corrected chi connectivity index (χ3v) is 16.2. The predicted octanol–water partition coefficient (Wildman–Crippen LogP) is 7.78. The second-order valence-corrected chi connectivity index (χ2v) is 22.0. The summed E-state index contributed by atoms with van der Waals surface area (Å²) in [6.45, 7) is 10.6. The second-order valence-electron chi connectivity index (χ2n) is 20.8. The molecule has 0 spiro atoms. The summed E-state index contributed by atoms with van der Waals surface area (Å²) in [4.78, 5) is 25.0. The summed E-state index contributed by atoms with van der Waals surface area (Å²) in [5, 5.41) is 33.1. The van der Waals surface area contributed by atoms with Crippen molar-refractivity contribution < 1.29 is 26.3 Å². The van der Waals surface area contributed by atoms with Gasteiger partial charge in [0.25, 0.3) is 0 Å². The van der Waals surface area contributed by atoms with Crippen LogP contribution in [0.3, 0.4) is 0 Å². The number of aromatic nitrogens is 3. The maximum absolute atomic E-state index is 13.4. The predicted molar refractivity (Wildman–Crippen MR) is 344 cm³/mol. The molecule has 3 saturated heterocycles. The summed E-state index contributed by atoms with van der Waals surface area (Å²) in [6, 6.07) is 27.2. The summed E-state index contributed by atoms with van der Waals surface area (Å²) in [5.41, 5.74) is 24.4. The minimum absolute atomic E-state index is 0.368. The molecular weight excluding hydrogens is 1200 g/mol. The minimum atomic E-state index is -4.36. The fourth-order valence-corrected chi connectivity index (χ4v) is 11.2. The first-order valence-corrected chi connectivity index (χ1v) is 29.6. The number of hydrazone groups is 3. The second kappa shape index (κ2) is 28.6. The van der Waals surface area contributed by atoms with E-state index < -0.39 is 17.6 Å². The third kappa shape index (κ3) is 15.7. The number of anilines is 7. The largest absolute Gasteiger partial charge is 0.416 e. The normalized spacial score (nSPS) is 17.7. The van der Waals surface area contributed by atoms with Crippen molar-refractivity contribution in [3.8, 4) is 6.07 Å². The Bertz CT molecular complexity index is 3630. The number of fused-ring (bicyclic) bond motifs is 3. The lowest BCUT2D eigenvalue weighted by Gasteiger charge is -2.37. The van der Waals surface area contributed by atoms with Crippen LogP contribution in [-0.4, -0.2) is 160 Å². The summed E-state index contributed by atoms with van der Waals surface area (Å²) >= 11 is 16.4.